The average molecular weight is 250 g/mol. The molecule has 0 unspecified atom stereocenters. The number of carbonyl (C=O) groups excluding carboxylic acids is 1. The average Bonchev–Trinajstić information content (AvgIpc) is 1.98. The van der Waals surface area contributed by atoms with E-state index >= 15 is 0 Å². The van der Waals surface area contributed by atoms with Crippen LogP contribution < -0.4 is 0 Å². The smallest absolute Gasteiger partial charge is 0.300 e. The Kier molecular flexibility index (Phi) is 6.46. The van der Waals surface area contributed by atoms with Gasteiger partial charge in [-0.2, -0.15) is 0 Å². The predicted molar refractivity (Wildman–Crippen MR) is 64.5 cm³/mol. The van der Waals surface area contributed by atoms with Crippen LogP contribution in [0.1, 0.15) is 48.0 Å². The van der Waals surface area contributed by atoms with Gasteiger partial charge in [-0.15, -0.1) is 0 Å². The molecule has 4 nitrogen and oxygen atoms in total. The summed E-state index contributed by atoms with van der Waals surface area (Å²) in [4.78, 5) is 11.8. The first-order valence-corrected chi connectivity index (χ1v) is 7.22. The molecule has 0 rings (SSSR count). The molecule has 0 spiro atoms. The first kappa shape index (κ1) is 15.8. The molecule has 0 bridgehead atoms. The maximum Gasteiger partial charge on any atom is 0.397 e. The summed E-state index contributed by atoms with van der Waals surface area (Å²) in [5.74, 6) is 0.146. The molecule has 0 atom stereocenters. The molecule has 0 aliphatic carbocycles. The highest BCUT2D eigenvalue weighted by Gasteiger charge is 2.36. The Morgan fingerprint density at radius 3 is 1.62 bits per heavy atom. The third kappa shape index (κ3) is 5.78. The lowest BCUT2D eigenvalue weighted by molar-refractivity contribution is -0.115. The molecule has 0 fully saturated rings. The van der Waals surface area contributed by atoms with Gasteiger partial charge in [0.05, 0.1) is 12.2 Å². The molecule has 16 heavy (non-hydrogen) atoms. The second-order valence-electron chi connectivity index (χ2n) is 4.80. The third-order valence-electron chi connectivity index (χ3n) is 1.59. The van der Waals surface area contributed by atoms with E-state index in [1.807, 2.05) is 13.8 Å². The van der Waals surface area contributed by atoms with Crippen LogP contribution in [0.2, 0.25) is 0 Å². The lowest BCUT2D eigenvalue weighted by atomic mass is 10.2. The minimum absolute atomic E-state index is 0.146. The van der Waals surface area contributed by atoms with Crippen molar-refractivity contribution in [3.05, 3.63) is 0 Å². The third-order valence-corrected chi connectivity index (χ3v) is 3.78. The van der Waals surface area contributed by atoms with Gasteiger partial charge in [-0.25, -0.2) is 0 Å². The Morgan fingerprint density at radius 1 is 1.00 bits per heavy atom. The number of hydrogen-bond acceptors (Lipinski definition) is 4. The molecule has 0 saturated carbocycles. The van der Waals surface area contributed by atoms with Crippen LogP contribution in [0.4, 0.5) is 0 Å². The summed E-state index contributed by atoms with van der Waals surface area (Å²) in [6.07, 6.45) is -0.363. The second-order valence-corrected chi connectivity index (χ2v) is 6.71. The van der Waals surface area contributed by atoms with Gasteiger partial charge in [-0.05, 0) is 33.6 Å². The Morgan fingerprint density at radius 2 is 1.38 bits per heavy atom. The summed E-state index contributed by atoms with van der Waals surface area (Å²) in [7, 11) is -3.62. The van der Waals surface area contributed by atoms with Gasteiger partial charge in [0.15, 0.2) is 0 Å². The topological polar surface area (TPSA) is 52.6 Å². The normalized spacial score (nSPS) is 12.8. The maximum atomic E-state index is 12.3. The van der Waals surface area contributed by atoms with E-state index < -0.39 is 13.1 Å². The van der Waals surface area contributed by atoms with Crippen LogP contribution in [-0.4, -0.2) is 17.7 Å². The Bertz CT molecular complexity index is 257. The van der Waals surface area contributed by atoms with Gasteiger partial charge in [0, 0.05) is 6.42 Å². The van der Waals surface area contributed by atoms with E-state index in [1.165, 1.54) is 0 Å². The zero-order valence-electron chi connectivity index (χ0n) is 11.0. The van der Waals surface area contributed by atoms with Crippen molar-refractivity contribution < 1.29 is 18.4 Å². The molecule has 0 aromatic heterocycles. The van der Waals surface area contributed by atoms with E-state index in [0.717, 1.165) is 0 Å². The van der Waals surface area contributed by atoms with Crippen LogP contribution in [0, 0.1) is 5.92 Å². The molecule has 96 valence electrons. The largest absolute Gasteiger partial charge is 0.397 e. The zero-order valence-corrected chi connectivity index (χ0v) is 11.9. The highest BCUT2D eigenvalue weighted by Crippen LogP contribution is 2.52. The fourth-order valence-corrected chi connectivity index (χ4v) is 3.14. The van der Waals surface area contributed by atoms with Crippen molar-refractivity contribution in [3.8, 4) is 0 Å². The molecular weight excluding hydrogens is 227 g/mol. The molecule has 0 amide bonds. The van der Waals surface area contributed by atoms with Crippen molar-refractivity contribution in [2.24, 2.45) is 5.92 Å². The van der Waals surface area contributed by atoms with Crippen molar-refractivity contribution in [1.29, 1.82) is 0 Å². The van der Waals surface area contributed by atoms with Crippen LogP contribution in [-0.2, 0) is 18.4 Å². The van der Waals surface area contributed by atoms with E-state index in [4.69, 9.17) is 9.05 Å². The van der Waals surface area contributed by atoms with Gasteiger partial charge in [0.25, 0.3) is 0 Å². The van der Waals surface area contributed by atoms with Gasteiger partial charge >= 0.3 is 7.60 Å². The highest BCUT2D eigenvalue weighted by atomic mass is 31.2. The van der Waals surface area contributed by atoms with E-state index in [0.29, 0.717) is 0 Å². The lowest BCUT2D eigenvalue weighted by Gasteiger charge is -2.21. The fraction of sp³-hybridized carbons (Fsp3) is 0.909. The Balaban J connectivity index is 4.78. The van der Waals surface area contributed by atoms with Crippen molar-refractivity contribution in [1.82, 2.24) is 0 Å². The SMILES string of the molecule is CC(C)CC(=O)P(=O)(OC(C)C)OC(C)C. The lowest BCUT2D eigenvalue weighted by Crippen LogP contribution is -2.15. The van der Waals surface area contributed by atoms with E-state index in [-0.39, 0.29) is 24.5 Å². The molecule has 0 aliphatic rings. The van der Waals surface area contributed by atoms with E-state index in [1.54, 1.807) is 27.7 Å². The summed E-state index contributed by atoms with van der Waals surface area (Å²) in [6.45, 7) is 10.7. The van der Waals surface area contributed by atoms with Gasteiger partial charge in [-0.3, -0.25) is 9.36 Å². The fourth-order valence-electron chi connectivity index (χ4n) is 1.16. The summed E-state index contributed by atoms with van der Waals surface area (Å²) in [5, 5.41) is 0. The van der Waals surface area contributed by atoms with Crippen molar-refractivity contribution in [2.75, 3.05) is 0 Å². The summed E-state index contributed by atoms with van der Waals surface area (Å²) in [6, 6.07) is 0. The molecule has 0 N–H and O–H groups in total. The maximum absolute atomic E-state index is 12.3. The Hall–Kier alpha value is -0.180. The first-order chi connectivity index (χ1) is 7.17. The van der Waals surface area contributed by atoms with E-state index in [9.17, 15) is 9.36 Å². The molecule has 0 aromatic carbocycles. The minimum atomic E-state index is -3.62. The molecular formula is C11H23O4P. The van der Waals surface area contributed by atoms with Crippen molar-refractivity contribution in [2.45, 2.75) is 60.2 Å². The minimum Gasteiger partial charge on any atom is -0.300 e. The van der Waals surface area contributed by atoms with Crippen LogP contribution in [0.3, 0.4) is 0 Å². The van der Waals surface area contributed by atoms with Crippen LogP contribution in [0.15, 0.2) is 0 Å². The predicted octanol–water partition coefficient (Wildman–Crippen LogP) is 3.60. The number of carbonyl (C=O) groups is 1. The van der Waals surface area contributed by atoms with E-state index in [2.05, 4.69) is 0 Å². The zero-order chi connectivity index (χ0) is 12.9. The summed E-state index contributed by atoms with van der Waals surface area (Å²) >= 11 is 0. The Labute approximate surface area is 98.2 Å². The van der Waals surface area contributed by atoms with Crippen LogP contribution >= 0.6 is 7.60 Å². The molecule has 5 heteroatoms. The van der Waals surface area contributed by atoms with Gasteiger partial charge in [0.2, 0.25) is 5.52 Å². The van der Waals surface area contributed by atoms with Gasteiger partial charge < -0.3 is 9.05 Å². The standard InChI is InChI=1S/C11H23O4P/c1-8(2)7-11(12)16(13,14-9(3)4)15-10(5)6/h8-10H,7H2,1-6H3. The molecule has 0 saturated heterocycles. The number of rotatable bonds is 7. The highest BCUT2D eigenvalue weighted by molar-refractivity contribution is 7.71. The van der Waals surface area contributed by atoms with Crippen molar-refractivity contribution >= 4 is 13.1 Å². The molecule has 0 aliphatic heterocycles. The van der Waals surface area contributed by atoms with Crippen molar-refractivity contribution in [3.63, 3.8) is 0 Å². The van der Waals surface area contributed by atoms with Gasteiger partial charge in [0.1, 0.15) is 0 Å². The molecule has 0 heterocycles. The molecule has 0 aromatic rings. The van der Waals surface area contributed by atoms with Gasteiger partial charge in [-0.1, -0.05) is 13.8 Å². The first-order valence-electron chi connectivity index (χ1n) is 5.67. The summed E-state index contributed by atoms with van der Waals surface area (Å²) in [5.41, 5.74) is -0.426. The van der Waals surface area contributed by atoms with Crippen LogP contribution in [0.25, 0.3) is 0 Å². The monoisotopic (exact) mass is 250 g/mol. The molecule has 0 radical (unpaired) electrons. The second kappa shape index (κ2) is 6.53. The quantitative estimate of drug-likeness (QED) is 0.648. The van der Waals surface area contributed by atoms with Crippen LogP contribution in [0.5, 0.6) is 0 Å². The summed E-state index contributed by atoms with van der Waals surface area (Å²) < 4.78 is 22.7. The number of hydrogen-bond donors (Lipinski definition) is 0.